The van der Waals surface area contributed by atoms with Crippen LogP contribution in [0, 0.1) is 6.92 Å². The quantitative estimate of drug-likeness (QED) is 0.538. The van der Waals surface area contributed by atoms with E-state index in [9.17, 15) is 4.79 Å². The predicted octanol–water partition coefficient (Wildman–Crippen LogP) is 3.30. The molecule has 0 bridgehead atoms. The van der Waals surface area contributed by atoms with Crippen LogP contribution in [-0.2, 0) is 16.6 Å². The summed E-state index contributed by atoms with van der Waals surface area (Å²) in [6.45, 7) is 3.99. The average Bonchev–Trinajstić information content (AvgIpc) is 3.02. The average molecular weight is 345 g/mol. The van der Waals surface area contributed by atoms with Gasteiger partial charge in [0.25, 0.3) is 0 Å². The zero-order chi connectivity index (χ0) is 17.3. The van der Waals surface area contributed by atoms with Gasteiger partial charge in [-0.25, -0.2) is 9.78 Å². The molecule has 24 heavy (non-hydrogen) atoms. The maximum Gasteiger partial charge on any atom is 0.330 e. The third-order valence-electron chi connectivity index (χ3n) is 3.65. The van der Waals surface area contributed by atoms with Crippen LogP contribution in [0.1, 0.15) is 18.2 Å². The van der Waals surface area contributed by atoms with E-state index in [1.54, 1.807) is 30.1 Å². The Balaban J connectivity index is 2.16. The zero-order valence-electron chi connectivity index (χ0n) is 13.7. The minimum absolute atomic E-state index is 0.337. The van der Waals surface area contributed by atoms with Gasteiger partial charge in [-0.1, -0.05) is 11.6 Å². The van der Waals surface area contributed by atoms with Gasteiger partial charge in [-0.3, -0.25) is 9.25 Å². The van der Waals surface area contributed by atoms with E-state index < -0.39 is 0 Å². The highest BCUT2D eigenvalue weighted by atomic mass is 35.5. The summed E-state index contributed by atoms with van der Waals surface area (Å²) in [5, 5.41) is 5.92. The van der Waals surface area contributed by atoms with Crippen molar-refractivity contribution in [1.29, 1.82) is 0 Å². The number of carbonyl (C=O) groups excluding carboxylic acids is 1. The Kier molecular flexibility index (Phi) is 4.40. The minimum Gasteiger partial charge on any atom is -0.463 e. The van der Waals surface area contributed by atoms with Crippen molar-refractivity contribution >= 4 is 34.7 Å². The molecule has 7 heteroatoms. The molecule has 0 fully saturated rings. The Bertz CT molecular complexity index is 940. The van der Waals surface area contributed by atoms with Crippen molar-refractivity contribution in [2.45, 2.75) is 13.8 Å². The Morgan fingerprint density at radius 1 is 1.46 bits per heavy atom. The molecule has 3 rings (SSSR count). The molecule has 124 valence electrons. The van der Waals surface area contributed by atoms with Crippen LogP contribution in [0.3, 0.4) is 0 Å². The number of rotatable bonds is 4. The maximum atomic E-state index is 11.6. The highest BCUT2D eigenvalue weighted by molar-refractivity contribution is 6.35. The molecular formula is C17H17ClN4O2. The molecule has 3 heterocycles. The molecule has 0 aromatic carbocycles. The van der Waals surface area contributed by atoms with Gasteiger partial charge in [0.1, 0.15) is 11.5 Å². The topological polar surface area (TPSA) is 61.9 Å². The summed E-state index contributed by atoms with van der Waals surface area (Å²) in [6.07, 6.45) is 6.62. The van der Waals surface area contributed by atoms with Crippen molar-refractivity contribution in [2.24, 2.45) is 7.05 Å². The maximum absolute atomic E-state index is 11.6. The first-order valence-corrected chi connectivity index (χ1v) is 7.91. The molecule has 0 saturated heterocycles. The molecular weight excluding hydrogens is 328 g/mol. The lowest BCUT2D eigenvalue weighted by atomic mass is 10.2. The molecule has 0 aliphatic rings. The fraction of sp³-hybridized carbons (Fsp3) is 0.235. The van der Waals surface area contributed by atoms with Crippen molar-refractivity contribution in [3.63, 3.8) is 0 Å². The van der Waals surface area contributed by atoms with Gasteiger partial charge in [-0.05, 0) is 32.1 Å². The molecule has 0 N–H and O–H groups in total. The van der Waals surface area contributed by atoms with Crippen molar-refractivity contribution in [2.75, 3.05) is 6.61 Å². The van der Waals surface area contributed by atoms with E-state index in [2.05, 4.69) is 10.1 Å². The molecule has 0 spiro atoms. The molecule has 0 aliphatic carbocycles. The highest BCUT2D eigenvalue weighted by Gasteiger charge is 2.17. The summed E-state index contributed by atoms with van der Waals surface area (Å²) in [4.78, 5) is 16.0. The number of hydrogen-bond donors (Lipinski definition) is 0. The van der Waals surface area contributed by atoms with Crippen molar-refractivity contribution < 1.29 is 9.53 Å². The van der Waals surface area contributed by atoms with Crippen molar-refractivity contribution in [3.8, 4) is 5.82 Å². The number of halogens is 1. The minimum atomic E-state index is -0.389. The van der Waals surface area contributed by atoms with E-state index in [0.29, 0.717) is 11.6 Å². The lowest BCUT2D eigenvalue weighted by molar-refractivity contribution is -0.137. The predicted molar refractivity (Wildman–Crippen MR) is 93.3 cm³/mol. The van der Waals surface area contributed by atoms with Gasteiger partial charge < -0.3 is 4.74 Å². The lowest BCUT2D eigenvalue weighted by Crippen LogP contribution is -2.04. The second-order valence-electron chi connectivity index (χ2n) is 5.25. The van der Waals surface area contributed by atoms with Crippen LogP contribution in [0.25, 0.3) is 22.9 Å². The molecule has 0 radical (unpaired) electrons. The second-order valence-corrected chi connectivity index (χ2v) is 5.66. The molecule has 3 aromatic heterocycles. The first kappa shape index (κ1) is 16.3. The Hall–Kier alpha value is -2.60. The molecule has 3 aromatic rings. The summed E-state index contributed by atoms with van der Waals surface area (Å²) >= 11 is 6.33. The van der Waals surface area contributed by atoms with E-state index in [1.807, 2.05) is 30.7 Å². The molecule has 0 saturated carbocycles. The summed E-state index contributed by atoms with van der Waals surface area (Å²) in [7, 11) is 1.84. The summed E-state index contributed by atoms with van der Waals surface area (Å²) in [5.41, 5.74) is 2.34. The third-order valence-corrected chi connectivity index (χ3v) is 3.95. The molecule has 0 unspecified atom stereocenters. The molecule has 0 atom stereocenters. The van der Waals surface area contributed by atoms with Gasteiger partial charge in [-0.2, -0.15) is 5.10 Å². The van der Waals surface area contributed by atoms with Crippen molar-refractivity contribution in [1.82, 2.24) is 19.3 Å². The number of esters is 1. The van der Waals surface area contributed by atoms with E-state index in [4.69, 9.17) is 16.3 Å². The fourth-order valence-corrected chi connectivity index (χ4v) is 2.91. The fourth-order valence-electron chi connectivity index (χ4n) is 2.67. The Morgan fingerprint density at radius 3 is 3.00 bits per heavy atom. The first-order chi connectivity index (χ1) is 11.5. The molecule has 6 nitrogen and oxygen atoms in total. The highest BCUT2D eigenvalue weighted by Crippen LogP contribution is 2.29. The third kappa shape index (κ3) is 2.80. The first-order valence-electron chi connectivity index (χ1n) is 7.53. The monoisotopic (exact) mass is 344 g/mol. The van der Waals surface area contributed by atoms with Crippen LogP contribution in [0.2, 0.25) is 5.02 Å². The Morgan fingerprint density at radius 2 is 2.25 bits per heavy atom. The van der Waals surface area contributed by atoms with Gasteiger partial charge in [0.15, 0.2) is 0 Å². The van der Waals surface area contributed by atoms with Gasteiger partial charge in [0, 0.05) is 36.5 Å². The van der Waals surface area contributed by atoms with Crippen LogP contribution in [0.4, 0.5) is 0 Å². The normalized spacial score (nSPS) is 11.5. The van der Waals surface area contributed by atoms with Crippen molar-refractivity contribution in [3.05, 3.63) is 46.9 Å². The number of nitrogens with zero attached hydrogens (tertiary/aromatic N) is 4. The van der Waals surface area contributed by atoms with E-state index in [0.717, 1.165) is 28.1 Å². The van der Waals surface area contributed by atoms with E-state index in [1.165, 1.54) is 6.08 Å². The number of aromatic nitrogens is 4. The summed E-state index contributed by atoms with van der Waals surface area (Å²) in [6, 6.07) is 3.76. The van der Waals surface area contributed by atoms with E-state index in [-0.39, 0.29) is 5.97 Å². The zero-order valence-corrected chi connectivity index (χ0v) is 14.4. The Labute approximate surface area is 144 Å². The summed E-state index contributed by atoms with van der Waals surface area (Å²) in [5.74, 6) is 0.392. The second kappa shape index (κ2) is 6.49. The number of hydrogen-bond acceptors (Lipinski definition) is 4. The van der Waals surface area contributed by atoms with Gasteiger partial charge >= 0.3 is 5.97 Å². The standard InChI is InChI=1S/C17H17ClN4O2/c1-4-24-15(23)8-7-12-11(2)20-21(3)17(12)22-10-14(18)13-6-5-9-19-16(13)22/h5-10H,4H2,1-3H3. The number of fused-ring (bicyclic) bond motifs is 1. The molecule has 0 aliphatic heterocycles. The molecule has 0 amide bonds. The number of carbonyl (C=O) groups is 1. The number of pyridine rings is 1. The largest absolute Gasteiger partial charge is 0.463 e. The van der Waals surface area contributed by atoms with Gasteiger partial charge in [0.2, 0.25) is 0 Å². The smallest absolute Gasteiger partial charge is 0.330 e. The lowest BCUT2D eigenvalue weighted by Gasteiger charge is -2.06. The van der Waals surface area contributed by atoms with Gasteiger partial charge in [0.05, 0.1) is 17.3 Å². The van der Waals surface area contributed by atoms with Crippen LogP contribution in [0.5, 0.6) is 0 Å². The van der Waals surface area contributed by atoms with Crippen LogP contribution < -0.4 is 0 Å². The summed E-state index contributed by atoms with van der Waals surface area (Å²) < 4.78 is 8.56. The SMILES string of the molecule is CCOC(=O)C=Cc1c(C)nn(C)c1-n1cc(Cl)c2cccnc21. The number of aryl methyl sites for hydroxylation is 2. The van der Waals surface area contributed by atoms with Crippen LogP contribution in [-0.4, -0.2) is 31.9 Å². The number of ether oxygens (including phenoxy) is 1. The van der Waals surface area contributed by atoms with E-state index >= 15 is 0 Å². The van der Waals surface area contributed by atoms with Gasteiger partial charge in [-0.15, -0.1) is 0 Å². The van der Waals surface area contributed by atoms with Crippen LogP contribution in [0.15, 0.2) is 30.6 Å². The van der Waals surface area contributed by atoms with Crippen LogP contribution >= 0.6 is 11.6 Å².